The van der Waals surface area contributed by atoms with Crippen LogP contribution >= 0.6 is 8.38 Å². The minimum Gasteiger partial charge on any atom is -0.331 e. The zero-order valence-corrected chi connectivity index (χ0v) is 7.43. The Morgan fingerprint density at radius 2 is 1.70 bits per heavy atom. The van der Waals surface area contributed by atoms with Crippen LogP contribution in [0.5, 0.6) is 0 Å². The molecule has 4 heteroatoms. The van der Waals surface area contributed by atoms with Crippen molar-refractivity contribution in [1.82, 2.24) is 0 Å². The van der Waals surface area contributed by atoms with E-state index >= 15 is 0 Å². The molecule has 3 radical (unpaired) electrons. The van der Waals surface area contributed by atoms with E-state index in [2.05, 4.69) is 6.58 Å². The third kappa shape index (κ3) is 6.28. The normalized spacial score (nSPS) is 9.10. The van der Waals surface area contributed by atoms with Crippen molar-refractivity contribution in [1.29, 1.82) is 0 Å². The average molecular weight is 159 g/mol. The molecule has 0 bridgehead atoms. The maximum atomic E-state index is 5.16. The van der Waals surface area contributed by atoms with Crippen molar-refractivity contribution in [3.05, 3.63) is 12.4 Å². The highest BCUT2D eigenvalue weighted by atomic mass is 31.2. The second-order valence-corrected chi connectivity index (χ2v) is 2.76. The Kier molecular flexibility index (Phi) is 11.7. The van der Waals surface area contributed by atoms with Gasteiger partial charge in [-0.25, -0.2) is 0 Å². The van der Waals surface area contributed by atoms with Crippen molar-refractivity contribution in [2.24, 2.45) is 0 Å². The fourth-order valence-corrected chi connectivity index (χ4v) is 1.19. The monoisotopic (exact) mass is 159 g/mol. The molecule has 57 valence electrons. The molecular formula is C6H13BO2P. The van der Waals surface area contributed by atoms with Crippen LogP contribution in [-0.4, -0.2) is 21.6 Å². The largest absolute Gasteiger partial charge is 0.331 e. The molecule has 0 aromatic heterocycles. The summed E-state index contributed by atoms with van der Waals surface area (Å²) in [5.74, 6) is 1.71. The summed E-state index contributed by atoms with van der Waals surface area (Å²) in [7, 11) is -0.795. The van der Waals surface area contributed by atoms with E-state index in [1.807, 2.05) is 13.8 Å². The van der Waals surface area contributed by atoms with E-state index in [0.29, 0.717) is 13.2 Å². The molecule has 0 spiro atoms. The van der Waals surface area contributed by atoms with E-state index in [4.69, 9.17) is 9.05 Å². The van der Waals surface area contributed by atoms with Crippen LogP contribution in [0, 0.1) is 0 Å². The van der Waals surface area contributed by atoms with E-state index in [9.17, 15) is 0 Å². The Balaban J connectivity index is 0. The molecule has 10 heavy (non-hydrogen) atoms. The topological polar surface area (TPSA) is 18.5 Å². The van der Waals surface area contributed by atoms with Crippen molar-refractivity contribution in [3.8, 4) is 0 Å². The van der Waals surface area contributed by atoms with Crippen molar-refractivity contribution < 1.29 is 9.05 Å². The predicted octanol–water partition coefficient (Wildman–Crippen LogP) is 2.13. The lowest BCUT2D eigenvalue weighted by atomic mass is 10.8. The molecule has 0 atom stereocenters. The lowest BCUT2D eigenvalue weighted by molar-refractivity contribution is 0.277. The van der Waals surface area contributed by atoms with Crippen LogP contribution in [0.25, 0.3) is 0 Å². The van der Waals surface area contributed by atoms with Crippen molar-refractivity contribution >= 4 is 16.8 Å². The number of hydrogen-bond donors (Lipinski definition) is 0. The standard InChI is InChI=1S/C6H13O2P.B/c1-4-7-9(6-3)8-5-2;/h6H,3-5H2,1-2H3;. The lowest BCUT2D eigenvalue weighted by Gasteiger charge is -2.09. The molecule has 0 aliphatic carbocycles. The quantitative estimate of drug-likeness (QED) is 0.451. The Hall–Kier alpha value is 0.155. The van der Waals surface area contributed by atoms with E-state index in [1.165, 1.54) is 0 Å². The molecule has 0 rings (SSSR count). The van der Waals surface area contributed by atoms with Gasteiger partial charge in [0.15, 0.2) is 8.38 Å². The summed E-state index contributed by atoms with van der Waals surface area (Å²) < 4.78 is 10.3. The molecule has 0 fully saturated rings. The van der Waals surface area contributed by atoms with Crippen LogP contribution in [-0.2, 0) is 9.05 Å². The predicted molar refractivity (Wildman–Crippen MR) is 46.1 cm³/mol. The van der Waals surface area contributed by atoms with Gasteiger partial charge in [-0.2, -0.15) is 0 Å². The molecule has 2 nitrogen and oxygen atoms in total. The first-order valence-corrected chi connectivity index (χ1v) is 4.27. The highest BCUT2D eigenvalue weighted by molar-refractivity contribution is 7.50. The number of rotatable bonds is 5. The molecular weight excluding hydrogens is 146 g/mol. The highest BCUT2D eigenvalue weighted by Gasteiger charge is 1.99. The Morgan fingerprint density at radius 1 is 1.30 bits per heavy atom. The maximum absolute atomic E-state index is 5.16. The van der Waals surface area contributed by atoms with Gasteiger partial charge >= 0.3 is 0 Å². The van der Waals surface area contributed by atoms with Crippen LogP contribution in [0.1, 0.15) is 13.8 Å². The van der Waals surface area contributed by atoms with Crippen LogP contribution in [0.15, 0.2) is 12.4 Å². The second-order valence-electron chi connectivity index (χ2n) is 1.30. The van der Waals surface area contributed by atoms with Gasteiger partial charge in [-0.15, -0.1) is 0 Å². The Bertz CT molecular complexity index is 74.1. The van der Waals surface area contributed by atoms with Gasteiger partial charge in [0.1, 0.15) is 0 Å². The third-order valence-corrected chi connectivity index (χ3v) is 1.99. The first-order valence-electron chi connectivity index (χ1n) is 3.02. The summed E-state index contributed by atoms with van der Waals surface area (Å²) in [4.78, 5) is 0. The molecule has 0 aliphatic heterocycles. The van der Waals surface area contributed by atoms with E-state index < -0.39 is 8.38 Å². The molecule has 0 aliphatic rings. The van der Waals surface area contributed by atoms with Gasteiger partial charge in [0.05, 0.1) is 13.2 Å². The summed E-state index contributed by atoms with van der Waals surface area (Å²) in [6, 6.07) is 0. The minimum absolute atomic E-state index is 0. The molecule has 0 aromatic rings. The molecule has 0 saturated heterocycles. The van der Waals surface area contributed by atoms with Crippen molar-refractivity contribution in [2.75, 3.05) is 13.2 Å². The van der Waals surface area contributed by atoms with Gasteiger partial charge in [-0.05, 0) is 19.7 Å². The van der Waals surface area contributed by atoms with Crippen LogP contribution in [0.3, 0.4) is 0 Å². The molecule has 0 amide bonds. The highest BCUT2D eigenvalue weighted by Crippen LogP contribution is 2.38. The zero-order valence-electron chi connectivity index (χ0n) is 6.54. The van der Waals surface area contributed by atoms with Crippen LogP contribution in [0.4, 0.5) is 0 Å². The Morgan fingerprint density at radius 3 is 1.90 bits per heavy atom. The number of hydrogen-bond acceptors (Lipinski definition) is 2. The fourth-order valence-electron chi connectivity index (χ4n) is 0.397. The van der Waals surface area contributed by atoms with Crippen LogP contribution < -0.4 is 0 Å². The Labute approximate surface area is 66.1 Å². The van der Waals surface area contributed by atoms with Gasteiger partial charge in [0, 0.05) is 8.41 Å². The van der Waals surface area contributed by atoms with E-state index in [-0.39, 0.29) is 8.41 Å². The maximum Gasteiger partial charge on any atom is 0.196 e. The molecule has 0 aromatic carbocycles. The third-order valence-electron chi connectivity index (χ3n) is 0.662. The second kappa shape index (κ2) is 9.15. The van der Waals surface area contributed by atoms with E-state index in [1.54, 1.807) is 5.82 Å². The lowest BCUT2D eigenvalue weighted by Crippen LogP contribution is -1.86. The fraction of sp³-hybridized carbons (Fsp3) is 0.667. The zero-order chi connectivity index (χ0) is 7.11. The molecule has 0 saturated carbocycles. The summed E-state index contributed by atoms with van der Waals surface area (Å²) in [6.07, 6.45) is 0. The summed E-state index contributed by atoms with van der Waals surface area (Å²) in [5.41, 5.74) is 0. The average Bonchev–Trinajstić information content (AvgIpc) is 1.88. The first-order chi connectivity index (χ1) is 4.35. The smallest absolute Gasteiger partial charge is 0.196 e. The molecule has 0 N–H and O–H groups in total. The van der Waals surface area contributed by atoms with E-state index in [0.717, 1.165) is 0 Å². The molecule has 0 unspecified atom stereocenters. The van der Waals surface area contributed by atoms with Gasteiger partial charge in [0.2, 0.25) is 0 Å². The van der Waals surface area contributed by atoms with Gasteiger partial charge < -0.3 is 9.05 Å². The van der Waals surface area contributed by atoms with Gasteiger partial charge in [0.25, 0.3) is 0 Å². The van der Waals surface area contributed by atoms with Crippen LogP contribution in [0.2, 0.25) is 0 Å². The van der Waals surface area contributed by atoms with Crippen molar-refractivity contribution in [2.45, 2.75) is 13.8 Å². The summed E-state index contributed by atoms with van der Waals surface area (Å²) >= 11 is 0. The minimum atomic E-state index is -0.795. The SMILES string of the molecule is C=CP(OCC)OCC.[B]. The molecule has 0 heterocycles. The van der Waals surface area contributed by atoms with Gasteiger partial charge in [-0.1, -0.05) is 6.58 Å². The van der Waals surface area contributed by atoms with Gasteiger partial charge in [-0.3, -0.25) is 0 Å². The summed E-state index contributed by atoms with van der Waals surface area (Å²) in [5, 5.41) is 0. The first kappa shape index (κ1) is 12.8. The van der Waals surface area contributed by atoms with Crippen molar-refractivity contribution in [3.63, 3.8) is 0 Å². The summed E-state index contributed by atoms with van der Waals surface area (Å²) in [6.45, 7) is 8.85.